The number of ether oxygens (including phenoxy) is 1. The number of esters is 1. The van der Waals surface area contributed by atoms with E-state index in [0.717, 1.165) is 24.8 Å². The molecule has 1 heterocycles. The zero-order valence-corrected chi connectivity index (χ0v) is 17.8. The molecule has 0 aromatic heterocycles. The van der Waals surface area contributed by atoms with Gasteiger partial charge in [-0.15, -0.1) is 0 Å². The van der Waals surface area contributed by atoms with E-state index >= 15 is 0 Å². The summed E-state index contributed by atoms with van der Waals surface area (Å²) in [5.74, 6) is -1.31. The molecule has 7 heteroatoms. The third-order valence-electron chi connectivity index (χ3n) is 6.33. The van der Waals surface area contributed by atoms with Crippen molar-refractivity contribution in [2.24, 2.45) is 5.92 Å². The first kappa shape index (κ1) is 22.3. The van der Waals surface area contributed by atoms with Crippen molar-refractivity contribution < 1.29 is 24.2 Å². The Kier molecular flexibility index (Phi) is 7.48. The number of carboxylic acids is 1. The highest BCUT2D eigenvalue weighted by Gasteiger charge is 2.49. The van der Waals surface area contributed by atoms with Crippen LogP contribution >= 0.6 is 0 Å². The molecule has 0 unspecified atom stereocenters. The molecule has 0 bridgehead atoms. The first-order valence-electron chi connectivity index (χ1n) is 10.9. The van der Waals surface area contributed by atoms with Crippen molar-refractivity contribution >= 4 is 17.8 Å². The first-order chi connectivity index (χ1) is 14.4. The van der Waals surface area contributed by atoms with Crippen LogP contribution in [0.3, 0.4) is 0 Å². The van der Waals surface area contributed by atoms with E-state index in [4.69, 9.17) is 4.74 Å². The SMILES string of the molecule is CCOC(=O)[C@@H](CCc1ccccc1)N[C@@H](C)C(=O)N1[C@H](C(=O)O)C[C@@H]2CCC[C@@H]21. The second-order valence-electron chi connectivity index (χ2n) is 8.31. The number of amides is 1. The maximum atomic E-state index is 13.2. The molecule has 2 fully saturated rings. The smallest absolute Gasteiger partial charge is 0.326 e. The van der Waals surface area contributed by atoms with Crippen LogP contribution in [0.2, 0.25) is 0 Å². The second kappa shape index (κ2) is 10.1. The number of hydrogen-bond acceptors (Lipinski definition) is 5. The zero-order valence-electron chi connectivity index (χ0n) is 17.8. The van der Waals surface area contributed by atoms with Gasteiger partial charge in [0.1, 0.15) is 12.1 Å². The van der Waals surface area contributed by atoms with Crippen molar-refractivity contribution in [1.82, 2.24) is 10.2 Å². The fourth-order valence-corrected chi connectivity index (χ4v) is 4.89. The summed E-state index contributed by atoms with van der Waals surface area (Å²) >= 11 is 0. The van der Waals surface area contributed by atoms with Gasteiger partial charge in [0, 0.05) is 6.04 Å². The molecule has 1 aromatic rings. The van der Waals surface area contributed by atoms with Gasteiger partial charge < -0.3 is 14.7 Å². The predicted molar refractivity (Wildman–Crippen MR) is 112 cm³/mol. The van der Waals surface area contributed by atoms with Gasteiger partial charge in [-0.25, -0.2) is 4.79 Å². The van der Waals surface area contributed by atoms with Gasteiger partial charge in [0.05, 0.1) is 12.6 Å². The number of benzene rings is 1. The van der Waals surface area contributed by atoms with Gasteiger partial charge in [0.15, 0.2) is 0 Å². The number of hydrogen-bond donors (Lipinski definition) is 2. The molecule has 0 radical (unpaired) electrons. The molecule has 30 heavy (non-hydrogen) atoms. The molecule has 5 atom stereocenters. The first-order valence-corrected chi connectivity index (χ1v) is 10.9. The van der Waals surface area contributed by atoms with Gasteiger partial charge in [-0.1, -0.05) is 36.8 Å². The van der Waals surface area contributed by atoms with Gasteiger partial charge in [-0.05, 0) is 57.4 Å². The van der Waals surface area contributed by atoms with Crippen LogP contribution < -0.4 is 5.32 Å². The summed E-state index contributed by atoms with van der Waals surface area (Å²) in [7, 11) is 0. The highest BCUT2D eigenvalue weighted by atomic mass is 16.5. The monoisotopic (exact) mass is 416 g/mol. The number of aryl methyl sites for hydroxylation is 1. The Morgan fingerprint density at radius 2 is 1.97 bits per heavy atom. The quantitative estimate of drug-likeness (QED) is 0.600. The van der Waals surface area contributed by atoms with Crippen LogP contribution in [0.25, 0.3) is 0 Å². The number of likely N-dealkylation sites (tertiary alicyclic amines) is 1. The molecule has 1 amide bonds. The van der Waals surface area contributed by atoms with Crippen LogP contribution in [0, 0.1) is 5.92 Å². The standard InChI is InChI=1S/C23H32N2O5/c1-3-30-23(29)18(13-12-16-8-5-4-6-9-16)24-15(2)21(26)25-19-11-7-10-17(19)14-20(25)22(27)28/h4-6,8-9,15,17-20,24H,3,7,10-14H2,1-2H3,(H,27,28)/t15-,17-,18+,19-,20-/m0/s1. The Bertz CT molecular complexity index is 753. The summed E-state index contributed by atoms with van der Waals surface area (Å²) in [6.07, 6.45) is 4.54. The summed E-state index contributed by atoms with van der Waals surface area (Å²) in [6.45, 7) is 3.72. The number of carboxylic acid groups (broad SMARTS) is 1. The minimum absolute atomic E-state index is 0.00629. The van der Waals surface area contributed by atoms with Crippen molar-refractivity contribution in [3.63, 3.8) is 0 Å². The predicted octanol–water partition coefficient (Wildman–Crippen LogP) is 2.38. The largest absolute Gasteiger partial charge is 0.480 e. The average molecular weight is 417 g/mol. The van der Waals surface area contributed by atoms with Crippen LogP contribution in [0.4, 0.5) is 0 Å². The number of carbonyl (C=O) groups is 3. The van der Waals surface area contributed by atoms with Gasteiger partial charge in [0.25, 0.3) is 0 Å². The van der Waals surface area contributed by atoms with E-state index in [1.165, 1.54) is 0 Å². The van der Waals surface area contributed by atoms with Crippen molar-refractivity contribution in [3.8, 4) is 0 Å². The molecule has 1 saturated carbocycles. The van der Waals surface area contributed by atoms with Gasteiger partial charge >= 0.3 is 11.9 Å². The highest BCUT2D eigenvalue weighted by Crippen LogP contribution is 2.41. The van der Waals surface area contributed by atoms with Gasteiger partial charge in [-0.3, -0.25) is 14.9 Å². The fourth-order valence-electron chi connectivity index (χ4n) is 4.89. The van der Waals surface area contributed by atoms with Crippen molar-refractivity contribution in [2.45, 2.75) is 76.5 Å². The van der Waals surface area contributed by atoms with E-state index < -0.39 is 24.1 Å². The number of rotatable bonds is 9. The van der Waals surface area contributed by atoms with E-state index in [2.05, 4.69) is 5.32 Å². The van der Waals surface area contributed by atoms with Crippen molar-refractivity contribution in [3.05, 3.63) is 35.9 Å². The van der Waals surface area contributed by atoms with E-state index in [-0.39, 0.29) is 30.4 Å². The summed E-state index contributed by atoms with van der Waals surface area (Å²) < 4.78 is 5.21. The summed E-state index contributed by atoms with van der Waals surface area (Å²) in [6, 6.07) is 7.76. The lowest BCUT2D eigenvalue weighted by Crippen LogP contribution is -2.55. The molecule has 2 N–H and O–H groups in total. The lowest BCUT2D eigenvalue weighted by atomic mass is 10.0. The number of carbonyl (C=O) groups excluding carboxylic acids is 2. The molecular weight excluding hydrogens is 384 g/mol. The molecule has 1 saturated heterocycles. The Morgan fingerprint density at radius 1 is 1.23 bits per heavy atom. The highest BCUT2D eigenvalue weighted by molar-refractivity contribution is 5.88. The number of aliphatic carboxylic acids is 1. The molecule has 1 aromatic carbocycles. The van der Waals surface area contributed by atoms with Gasteiger partial charge in [-0.2, -0.15) is 0 Å². The van der Waals surface area contributed by atoms with E-state index in [1.54, 1.807) is 18.7 Å². The molecule has 1 aliphatic heterocycles. The van der Waals surface area contributed by atoms with E-state index in [9.17, 15) is 19.5 Å². The summed E-state index contributed by atoms with van der Waals surface area (Å²) in [5, 5.41) is 12.8. The Balaban J connectivity index is 1.68. The normalized spacial score (nSPS) is 24.9. The topological polar surface area (TPSA) is 95.9 Å². The Hall–Kier alpha value is -2.41. The minimum Gasteiger partial charge on any atom is -0.480 e. The maximum Gasteiger partial charge on any atom is 0.326 e. The average Bonchev–Trinajstić information content (AvgIpc) is 3.32. The maximum absolute atomic E-state index is 13.2. The summed E-state index contributed by atoms with van der Waals surface area (Å²) in [5.41, 5.74) is 1.10. The lowest BCUT2D eigenvalue weighted by Gasteiger charge is -2.31. The second-order valence-corrected chi connectivity index (χ2v) is 8.31. The van der Waals surface area contributed by atoms with Crippen LogP contribution in [-0.2, 0) is 25.5 Å². The van der Waals surface area contributed by atoms with E-state index in [0.29, 0.717) is 19.3 Å². The number of nitrogens with one attached hydrogen (secondary N) is 1. The van der Waals surface area contributed by atoms with Gasteiger partial charge in [0.2, 0.25) is 5.91 Å². The molecule has 0 spiro atoms. The third kappa shape index (κ3) is 5.01. The molecule has 3 rings (SSSR count). The van der Waals surface area contributed by atoms with Crippen molar-refractivity contribution in [1.29, 1.82) is 0 Å². The minimum atomic E-state index is -0.948. The molecule has 164 valence electrons. The number of nitrogens with zero attached hydrogens (tertiary/aromatic N) is 1. The molecule has 7 nitrogen and oxygen atoms in total. The molecule has 2 aliphatic rings. The van der Waals surface area contributed by atoms with Crippen LogP contribution in [0.15, 0.2) is 30.3 Å². The van der Waals surface area contributed by atoms with Crippen LogP contribution in [0.5, 0.6) is 0 Å². The van der Waals surface area contributed by atoms with Crippen LogP contribution in [0.1, 0.15) is 51.5 Å². The Labute approximate surface area is 177 Å². The molecular formula is C23H32N2O5. The number of fused-ring (bicyclic) bond motifs is 1. The zero-order chi connectivity index (χ0) is 21.7. The molecule has 1 aliphatic carbocycles. The third-order valence-corrected chi connectivity index (χ3v) is 6.33. The van der Waals surface area contributed by atoms with Crippen molar-refractivity contribution in [2.75, 3.05) is 6.61 Å². The van der Waals surface area contributed by atoms with E-state index in [1.807, 2.05) is 30.3 Å². The summed E-state index contributed by atoms with van der Waals surface area (Å²) in [4.78, 5) is 39.1. The Morgan fingerprint density at radius 3 is 2.63 bits per heavy atom. The fraction of sp³-hybridized carbons (Fsp3) is 0.609. The lowest BCUT2D eigenvalue weighted by molar-refractivity contribution is -0.151. The van der Waals surface area contributed by atoms with Crippen LogP contribution in [-0.4, -0.2) is 58.6 Å².